The highest BCUT2D eigenvalue weighted by Crippen LogP contribution is 2.36. The summed E-state index contributed by atoms with van der Waals surface area (Å²) in [7, 11) is 0. The molecule has 0 saturated carbocycles. The largest absolute Gasteiger partial charge is 0.417 e. The Kier molecular flexibility index (Phi) is 1.01. The van der Waals surface area contributed by atoms with E-state index in [0.29, 0.717) is 0 Å². The molecule has 0 aromatic carbocycles. The topological polar surface area (TPSA) is 12.5 Å². The van der Waals surface area contributed by atoms with Crippen molar-refractivity contribution in [2.75, 3.05) is 0 Å². The van der Waals surface area contributed by atoms with Crippen LogP contribution in [0.4, 0.5) is 13.2 Å². The van der Waals surface area contributed by atoms with Crippen LogP contribution >= 0.6 is 0 Å². The van der Waals surface area contributed by atoms with Gasteiger partial charge in [-0.2, -0.15) is 13.2 Å². The fourth-order valence-electron chi connectivity index (χ4n) is 0.529. The van der Waals surface area contributed by atoms with Gasteiger partial charge in [-0.1, -0.05) is 0 Å². The van der Waals surface area contributed by atoms with Gasteiger partial charge < -0.3 is 4.74 Å². The molecule has 0 unspecified atom stereocenters. The van der Waals surface area contributed by atoms with Crippen molar-refractivity contribution < 1.29 is 17.9 Å². The van der Waals surface area contributed by atoms with E-state index in [9.17, 15) is 13.2 Å². The average molecular weight is 126 g/mol. The Bertz CT molecular complexity index is 97.9. The summed E-state index contributed by atoms with van der Waals surface area (Å²) in [6.45, 7) is 1.40. The van der Waals surface area contributed by atoms with Crippen LogP contribution in [0.1, 0.15) is 6.92 Å². The minimum Gasteiger partial charge on any atom is -0.360 e. The van der Waals surface area contributed by atoms with Crippen molar-refractivity contribution in [1.29, 1.82) is 0 Å². The van der Waals surface area contributed by atoms with Gasteiger partial charge >= 0.3 is 6.18 Å². The molecule has 0 bridgehead atoms. The summed E-state index contributed by atoms with van der Waals surface area (Å²) in [5, 5.41) is 0. The molecule has 1 fully saturated rings. The monoisotopic (exact) mass is 126 g/mol. The summed E-state index contributed by atoms with van der Waals surface area (Å²) in [4.78, 5) is 0. The Hall–Kier alpha value is -0.250. The summed E-state index contributed by atoms with van der Waals surface area (Å²) in [5.74, 6) is 0. The number of hydrogen-bond acceptors (Lipinski definition) is 1. The van der Waals surface area contributed by atoms with Crippen molar-refractivity contribution in [1.82, 2.24) is 0 Å². The van der Waals surface area contributed by atoms with Gasteiger partial charge in [-0.15, -0.1) is 0 Å². The second kappa shape index (κ2) is 1.37. The Morgan fingerprint density at radius 1 is 1.38 bits per heavy atom. The van der Waals surface area contributed by atoms with E-state index in [1.807, 2.05) is 0 Å². The second-order valence-electron chi connectivity index (χ2n) is 1.80. The average Bonchev–Trinajstić information content (AvgIpc) is 2.13. The van der Waals surface area contributed by atoms with Crippen LogP contribution in [0.3, 0.4) is 0 Å². The molecule has 1 saturated heterocycles. The van der Waals surface area contributed by atoms with Gasteiger partial charge in [-0.3, -0.25) is 0 Å². The first-order valence-corrected chi connectivity index (χ1v) is 2.24. The molecular weight excluding hydrogens is 121 g/mol. The van der Waals surface area contributed by atoms with Crippen LogP contribution in [0.2, 0.25) is 0 Å². The molecule has 0 aromatic rings. The molecule has 4 heteroatoms. The van der Waals surface area contributed by atoms with Crippen LogP contribution in [-0.2, 0) is 4.74 Å². The van der Waals surface area contributed by atoms with Crippen molar-refractivity contribution in [3.05, 3.63) is 0 Å². The van der Waals surface area contributed by atoms with E-state index in [2.05, 4.69) is 4.74 Å². The highest BCUT2D eigenvalue weighted by Gasteiger charge is 2.55. The molecule has 0 amide bonds. The standard InChI is InChI=1S/C4H5F3O/c1-2-3(8-2)4(5,6)7/h2-3H,1H3/t2-,3+/m0/s1. The van der Waals surface area contributed by atoms with Crippen LogP contribution in [0.15, 0.2) is 0 Å². The Balaban J connectivity index is 2.39. The molecule has 1 heterocycles. The van der Waals surface area contributed by atoms with Crippen molar-refractivity contribution in [2.45, 2.75) is 25.3 Å². The van der Waals surface area contributed by atoms with E-state index in [1.54, 1.807) is 0 Å². The third kappa shape index (κ3) is 0.940. The fraction of sp³-hybridized carbons (Fsp3) is 1.00. The van der Waals surface area contributed by atoms with Crippen LogP contribution < -0.4 is 0 Å². The third-order valence-electron chi connectivity index (χ3n) is 1.03. The second-order valence-corrected chi connectivity index (χ2v) is 1.80. The Labute approximate surface area is 44.4 Å². The molecule has 1 aliphatic rings. The lowest BCUT2D eigenvalue weighted by Gasteiger charge is -1.97. The lowest BCUT2D eigenvalue weighted by molar-refractivity contribution is -0.146. The molecule has 0 aliphatic carbocycles. The van der Waals surface area contributed by atoms with Crippen molar-refractivity contribution in [2.24, 2.45) is 0 Å². The zero-order chi connectivity index (χ0) is 6.36. The lowest BCUT2D eigenvalue weighted by Crippen LogP contribution is -2.17. The van der Waals surface area contributed by atoms with E-state index in [1.165, 1.54) is 6.92 Å². The van der Waals surface area contributed by atoms with Crippen LogP contribution in [0.5, 0.6) is 0 Å². The predicted molar refractivity (Wildman–Crippen MR) is 20.4 cm³/mol. The highest BCUT2D eigenvalue weighted by atomic mass is 19.4. The SMILES string of the molecule is C[C@@H]1O[C@H]1C(F)(F)F. The maximum absolute atomic E-state index is 11.4. The van der Waals surface area contributed by atoms with Gasteiger partial charge in [0.25, 0.3) is 0 Å². The minimum absolute atomic E-state index is 0.616. The molecule has 0 spiro atoms. The molecule has 8 heavy (non-hydrogen) atoms. The van der Waals surface area contributed by atoms with Crippen LogP contribution in [0.25, 0.3) is 0 Å². The van der Waals surface area contributed by atoms with Crippen molar-refractivity contribution >= 4 is 0 Å². The van der Waals surface area contributed by atoms with Gasteiger partial charge in [0, 0.05) is 0 Å². The van der Waals surface area contributed by atoms with Gasteiger partial charge in [-0.25, -0.2) is 0 Å². The molecule has 0 N–H and O–H groups in total. The van der Waals surface area contributed by atoms with Crippen molar-refractivity contribution in [3.63, 3.8) is 0 Å². The first-order valence-electron chi connectivity index (χ1n) is 2.24. The molecule has 48 valence electrons. The zero-order valence-electron chi connectivity index (χ0n) is 4.20. The summed E-state index contributed by atoms with van der Waals surface area (Å²) in [5.41, 5.74) is 0. The van der Waals surface area contributed by atoms with Gasteiger partial charge in [0.1, 0.15) is 0 Å². The number of alkyl halides is 3. The van der Waals surface area contributed by atoms with E-state index >= 15 is 0 Å². The molecular formula is C4H5F3O. The molecule has 2 atom stereocenters. The fourth-order valence-corrected chi connectivity index (χ4v) is 0.529. The summed E-state index contributed by atoms with van der Waals surface area (Å²) >= 11 is 0. The molecule has 1 rings (SSSR count). The van der Waals surface area contributed by atoms with Gasteiger partial charge in [0.05, 0.1) is 6.10 Å². The Morgan fingerprint density at radius 3 is 1.75 bits per heavy atom. The molecule has 0 radical (unpaired) electrons. The van der Waals surface area contributed by atoms with E-state index in [-0.39, 0.29) is 0 Å². The highest BCUT2D eigenvalue weighted by molar-refractivity contribution is 4.86. The zero-order valence-corrected chi connectivity index (χ0v) is 4.20. The van der Waals surface area contributed by atoms with Crippen LogP contribution in [-0.4, -0.2) is 18.4 Å². The number of epoxide rings is 1. The van der Waals surface area contributed by atoms with Gasteiger partial charge in [0.15, 0.2) is 6.10 Å². The lowest BCUT2D eigenvalue weighted by atomic mass is 10.3. The quantitative estimate of drug-likeness (QED) is 0.446. The molecule has 1 nitrogen and oxygen atoms in total. The first-order chi connectivity index (χ1) is 3.52. The van der Waals surface area contributed by atoms with E-state index < -0.39 is 18.4 Å². The smallest absolute Gasteiger partial charge is 0.360 e. The van der Waals surface area contributed by atoms with E-state index in [4.69, 9.17) is 0 Å². The first kappa shape index (κ1) is 5.88. The predicted octanol–water partition coefficient (Wildman–Crippen LogP) is 1.34. The number of hydrogen-bond donors (Lipinski definition) is 0. The summed E-state index contributed by atoms with van der Waals surface area (Å²) in [6.07, 6.45) is -6.24. The number of ether oxygens (including phenoxy) is 1. The van der Waals surface area contributed by atoms with Gasteiger partial charge in [-0.05, 0) is 6.92 Å². The van der Waals surface area contributed by atoms with E-state index in [0.717, 1.165) is 0 Å². The normalized spacial score (nSPS) is 37.5. The summed E-state index contributed by atoms with van der Waals surface area (Å²) in [6, 6.07) is 0. The number of rotatable bonds is 0. The van der Waals surface area contributed by atoms with Gasteiger partial charge in [0.2, 0.25) is 0 Å². The van der Waals surface area contributed by atoms with Crippen molar-refractivity contribution in [3.8, 4) is 0 Å². The maximum Gasteiger partial charge on any atom is 0.417 e. The summed E-state index contributed by atoms with van der Waals surface area (Å²) < 4.78 is 38.3. The molecule has 0 aromatic heterocycles. The Morgan fingerprint density at radius 2 is 1.75 bits per heavy atom. The third-order valence-corrected chi connectivity index (χ3v) is 1.03. The maximum atomic E-state index is 11.4. The minimum atomic E-state index is -4.14. The number of halogens is 3. The molecule has 1 aliphatic heterocycles. The van der Waals surface area contributed by atoms with Crippen LogP contribution in [0, 0.1) is 0 Å².